The first-order chi connectivity index (χ1) is 16.5. The third-order valence-electron chi connectivity index (χ3n) is 7.09. The minimum absolute atomic E-state index is 0.00973. The van der Waals surface area contributed by atoms with Gasteiger partial charge in [-0.2, -0.15) is 0 Å². The van der Waals surface area contributed by atoms with Crippen LogP contribution in [0.3, 0.4) is 0 Å². The fraction of sp³-hybridized carbons (Fsp3) is 0.458. The molecule has 178 valence electrons. The van der Waals surface area contributed by atoms with Gasteiger partial charge in [-0.25, -0.2) is 9.37 Å². The van der Waals surface area contributed by atoms with Crippen LogP contribution in [0.4, 0.5) is 10.2 Å². The van der Waals surface area contributed by atoms with Crippen LogP contribution in [0.1, 0.15) is 36.4 Å². The van der Waals surface area contributed by atoms with Crippen molar-refractivity contribution in [3.05, 3.63) is 51.0 Å². The Bertz CT molecular complexity index is 1310. The zero-order valence-corrected chi connectivity index (χ0v) is 19.5. The number of benzene rings is 1. The fourth-order valence-corrected chi connectivity index (χ4v) is 6.28. The van der Waals surface area contributed by atoms with Gasteiger partial charge in [-0.15, -0.1) is 0 Å². The van der Waals surface area contributed by atoms with E-state index in [2.05, 4.69) is 20.5 Å². The number of hydrogen-bond acceptors (Lipinski definition) is 7. The summed E-state index contributed by atoms with van der Waals surface area (Å²) in [6.07, 6.45) is 2.81. The molecule has 3 aliphatic heterocycles. The van der Waals surface area contributed by atoms with Gasteiger partial charge in [-0.3, -0.25) is 14.2 Å². The van der Waals surface area contributed by atoms with Gasteiger partial charge in [0, 0.05) is 37.2 Å². The molecule has 0 saturated carbocycles. The molecule has 1 atom stereocenters. The van der Waals surface area contributed by atoms with E-state index in [4.69, 9.17) is 4.74 Å². The van der Waals surface area contributed by atoms with E-state index in [0.717, 1.165) is 60.4 Å². The highest BCUT2D eigenvalue weighted by atomic mass is 32.1. The van der Waals surface area contributed by atoms with Gasteiger partial charge in [0.2, 0.25) is 0 Å². The maximum Gasteiger partial charge on any atom is 0.308 e. The van der Waals surface area contributed by atoms with Gasteiger partial charge in [0.15, 0.2) is 18.2 Å². The molecule has 0 radical (unpaired) electrons. The van der Waals surface area contributed by atoms with Crippen molar-refractivity contribution in [3.63, 3.8) is 0 Å². The Hall–Kier alpha value is -2.82. The number of thiazole rings is 1. The molecular formula is C24H26FN5O3S. The summed E-state index contributed by atoms with van der Waals surface area (Å²) in [6, 6.07) is 7.39. The Kier molecular flexibility index (Phi) is 5.59. The number of pyridine rings is 1. The van der Waals surface area contributed by atoms with E-state index in [1.54, 1.807) is 10.6 Å². The Morgan fingerprint density at radius 3 is 2.85 bits per heavy atom. The first-order valence-electron chi connectivity index (χ1n) is 11.7. The Labute approximate surface area is 199 Å². The molecule has 6 rings (SSSR count). The molecule has 1 amide bonds. The van der Waals surface area contributed by atoms with Gasteiger partial charge in [0.25, 0.3) is 5.91 Å². The van der Waals surface area contributed by atoms with Crippen LogP contribution >= 0.6 is 11.3 Å². The van der Waals surface area contributed by atoms with E-state index in [1.807, 2.05) is 12.1 Å². The summed E-state index contributed by atoms with van der Waals surface area (Å²) < 4.78 is 22.8. The molecule has 2 N–H and O–H groups in total. The number of aryl methyl sites for hydroxylation is 1. The first kappa shape index (κ1) is 21.7. The molecule has 5 heterocycles. The predicted octanol–water partition coefficient (Wildman–Crippen LogP) is 2.67. The number of likely N-dealkylation sites (tertiary alicyclic amines) is 1. The van der Waals surface area contributed by atoms with E-state index in [1.165, 1.54) is 17.4 Å². The van der Waals surface area contributed by atoms with Crippen LogP contribution in [0, 0.1) is 5.82 Å². The largest absolute Gasteiger partial charge is 0.480 e. The second-order valence-electron chi connectivity index (χ2n) is 9.25. The lowest BCUT2D eigenvalue weighted by molar-refractivity contribution is -0.118. The molecular weight excluding hydrogens is 457 g/mol. The van der Waals surface area contributed by atoms with Crippen LogP contribution in [0.25, 0.3) is 10.2 Å². The number of rotatable bonds is 5. The monoisotopic (exact) mass is 483 g/mol. The van der Waals surface area contributed by atoms with Crippen molar-refractivity contribution in [2.75, 3.05) is 31.6 Å². The summed E-state index contributed by atoms with van der Waals surface area (Å²) in [5.41, 5.74) is 2.39. The van der Waals surface area contributed by atoms with Gasteiger partial charge in [0.05, 0.1) is 15.9 Å². The number of nitrogens with zero attached hydrogens (tertiary/aromatic N) is 3. The molecule has 0 spiro atoms. The van der Waals surface area contributed by atoms with Crippen LogP contribution in [-0.4, -0.2) is 52.6 Å². The minimum atomic E-state index is -0.195. The molecule has 8 nitrogen and oxygen atoms in total. The third-order valence-corrected chi connectivity index (χ3v) is 8.04. The lowest BCUT2D eigenvalue weighted by Gasteiger charge is -2.36. The van der Waals surface area contributed by atoms with Crippen molar-refractivity contribution < 1.29 is 13.9 Å². The quantitative estimate of drug-likeness (QED) is 0.580. The van der Waals surface area contributed by atoms with Crippen molar-refractivity contribution in [2.45, 2.75) is 44.3 Å². The van der Waals surface area contributed by atoms with Crippen LogP contribution in [0.2, 0.25) is 0 Å². The van der Waals surface area contributed by atoms with E-state index < -0.39 is 0 Å². The molecule has 0 aliphatic carbocycles. The number of amides is 1. The minimum Gasteiger partial charge on any atom is -0.480 e. The van der Waals surface area contributed by atoms with Crippen LogP contribution in [-0.2, 0) is 17.9 Å². The number of nitrogens with one attached hydrogen (secondary N) is 2. The predicted molar refractivity (Wildman–Crippen MR) is 128 cm³/mol. The van der Waals surface area contributed by atoms with Crippen LogP contribution in [0.15, 0.2) is 29.1 Å². The van der Waals surface area contributed by atoms with Crippen molar-refractivity contribution in [1.82, 2.24) is 19.8 Å². The number of hydrogen-bond donors (Lipinski definition) is 2. The molecule has 10 heteroatoms. The second-order valence-corrected chi connectivity index (χ2v) is 10.2. The summed E-state index contributed by atoms with van der Waals surface area (Å²) in [5.74, 6) is 0.815. The SMILES string of the molecule is O=C1COc2ccc(CNC3CCN(CC4CCn5c(=O)sc6ccc(F)c4c65)CC3)nc2N1. The lowest BCUT2D eigenvalue weighted by Crippen LogP contribution is -2.44. The maximum atomic E-state index is 14.8. The highest BCUT2D eigenvalue weighted by Gasteiger charge is 2.30. The zero-order chi connectivity index (χ0) is 23.2. The van der Waals surface area contributed by atoms with Crippen LogP contribution < -0.4 is 20.2 Å². The summed E-state index contributed by atoms with van der Waals surface area (Å²) in [6.45, 7) is 4.03. The maximum absolute atomic E-state index is 14.8. The smallest absolute Gasteiger partial charge is 0.308 e. The average molecular weight is 484 g/mol. The summed E-state index contributed by atoms with van der Waals surface area (Å²) in [7, 11) is 0. The standard InChI is InChI=1S/C24H26FN5O3S/c25-17-2-4-19-22-21(17)14(5-10-30(22)24(32)34-19)12-29-8-6-15(7-9-29)26-11-16-1-3-18-23(27-16)28-20(31)13-33-18/h1-4,14-15,26H,5-13H2,(H,27,28,31). The number of halogens is 1. The molecule has 3 aromatic rings. The highest BCUT2D eigenvalue weighted by molar-refractivity contribution is 7.16. The molecule has 1 saturated heterocycles. The van der Waals surface area contributed by atoms with E-state index in [9.17, 15) is 14.0 Å². The average Bonchev–Trinajstić information content (AvgIpc) is 3.17. The summed E-state index contributed by atoms with van der Waals surface area (Å²) in [5, 5.41) is 6.33. The number of aromatic nitrogens is 2. The van der Waals surface area contributed by atoms with Gasteiger partial charge in [-0.05, 0) is 56.6 Å². The van der Waals surface area contributed by atoms with Crippen molar-refractivity contribution >= 4 is 33.3 Å². The first-order valence-corrected chi connectivity index (χ1v) is 12.6. The number of carbonyl (C=O) groups excluding carboxylic acids is 1. The zero-order valence-electron chi connectivity index (χ0n) is 18.7. The topological polar surface area (TPSA) is 88.5 Å². The molecule has 2 aromatic heterocycles. The van der Waals surface area contributed by atoms with Gasteiger partial charge >= 0.3 is 4.87 Å². The second kappa shape index (κ2) is 8.75. The molecule has 34 heavy (non-hydrogen) atoms. The van der Waals surface area contributed by atoms with Crippen molar-refractivity contribution in [1.29, 1.82) is 0 Å². The van der Waals surface area contributed by atoms with E-state index in [-0.39, 0.29) is 29.1 Å². The van der Waals surface area contributed by atoms with Gasteiger partial charge in [0.1, 0.15) is 5.82 Å². The number of anilines is 1. The number of carbonyl (C=O) groups is 1. The number of piperidine rings is 1. The van der Waals surface area contributed by atoms with Gasteiger partial charge < -0.3 is 20.3 Å². The Morgan fingerprint density at radius 1 is 1.15 bits per heavy atom. The summed E-state index contributed by atoms with van der Waals surface area (Å²) in [4.78, 5) is 30.7. The normalized spacial score (nSPS) is 20.7. The van der Waals surface area contributed by atoms with E-state index >= 15 is 0 Å². The highest BCUT2D eigenvalue weighted by Crippen LogP contribution is 2.36. The van der Waals surface area contributed by atoms with Crippen molar-refractivity contribution in [2.24, 2.45) is 0 Å². The van der Waals surface area contributed by atoms with Gasteiger partial charge in [-0.1, -0.05) is 11.3 Å². The third kappa shape index (κ3) is 3.99. The number of fused-ring (bicyclic) bond motifs is 1. The Morgan fingerprint density at radius 2 is 2.00 bits per heavy atom. The number of ether oxygens (including phenoxy) is 1. The van der Waals surface area contributed by atoms with E-state index in [0.29, 0.717) is 30.7 Å². The van der Waals surface area contributed by atoms with Crippen LogP contribution in [0.5, 0.6) is 5.75 Å². The fourth-order valence-electron chi connectivity index (χ4n) is 5.35. The molecule has 1 unspecified atom stereocenters. The Balaban J connectivity index is 1.06. The summed E-state index contributed by atoms with van der Waals surface area (Å²) >= 11 is 1.21. The molecule has 3 aliphatic rings. The molecule has 1 fully saturated rings. The molecule has 1 aromatic carbocycles. The van der Waals surface area contributed by atoms with Crippen molar-refractivity contribution in [3.8, 4) is 5.75 Å². The lowest BCUT2D eigenvalue weighted by atomic mass is 9.90. The molecule has 0 bridgehead atoms.